The molecule has 0 aliphatic carbocycles. The van der Waals surface area contributed by atoms with E-state index in [0.29, 0.717) is 17.8 Å². The van der Waals surface area contributed by atoms with E-state index in [1.54, 1.807) is 0 Å². The summed E-state index contributed by atoms with van der Waals surface area (Å²) in [4.78, 5) is 28.7. The Morgan fingerprint density at radius 2 is 1.85 bits per heavy atom. The van der Waals surface area contributed by atoms with Gasteiger partial charge in [0.25, 0.3) is 5.56 Å². The molecule has 136 valence electrons. The van der Waals surface area contributed by atoms with Gasteiger partial charge in [-0.2, -0.15) is 0 Å². The Labute approximate surface area is 153 Å². The molecule has 3 rings (SSSR count). The molecule has 0 saturated carbocycles. The van der Waals surface area contributed by atoms with Gasteiger partial charge >= 0.3 is 0 Å². The van der Waals surface area contributed by atoms with Crippen molar-refractivity contribution in [2.24, 2.45) is 5.92 Å². The van der Waals surface area contributed by atoms with Crippen molar-refractivity contribution in [3.8, 4) is 0 Å². The van der Waals surface area contributed by atoms with E-state index in [0.717, 1.165) is 40.7 Å². The highest BCUT2D eigenvalue weighted by Crippen LogP contribution is 2.20. The molecular formula is C20H25N5O. The Kier molecular flexibility index (Phi) is 5.02. The summed E-state index contributed by atoms with van der Waals surface area (Å²) in [7, 11) is 0. The van der Waals surface area contributed by atoms with Gasteiger partial charge in [-0.1, -0.05) is 25.5 Å². The molecule has 0 amide bonds. The van der Waals surface area contributed by atoms with Crippen molar-refractivity contribution >= 4 is 22.8 Å². The number of aryl methyl sites for hydroxylation is 3. The lowest BCUT2D eigenvalue weighted by molar-refractivity contribution is 0.582. The monoisotopic (exact) mass is 351 g/mol. The highest BCUT2D eigenvalue weighted by molar-refractivity contribution is 5.82. The van der Waals surface area contributed by atoms with Crippen LogP contribution in [0.3, 0.4) is 0 Å². The topological polar surface area (TPSA) is 83.6 Å². The number of hydrogen-bond acceptors (Lipinski definition) is 5. The zero-order valence-electron chi connectivity index (χ0n) is 16.0. The minimum absolute atomic E-state index is 0.103. The van der Waals surface area contributed by atoms with E-state index in [1.165, 1.54) is 5.56 Å². The number of nitrogens with zero attached hydrogens (tertiary/aromatic N) is 3. The van der Waals surface area contributed by atoms with Crippen LogP contribution >= 0.6 is 0 Å². The molecule has 2 N–H and O–H groups in total. The van der Waals surface area contributed by atoms with Crippen molar-refractivity contribution in [3.05, 3.63) is 51.1 Å². The second kappa shape index (κ2) is 7.23. The van der Waals surface area contributed by atoms with Crippen molar-refractivity contribution in [1.82, 2.24) is 19.9 Å². The van der Waals surface area contributed by atoms with Crippen molar-refractivity contribution in [2.75, 3.05) is 5.32 Å². The van der Waals surface area contributed by atoms with E-state index in [2.05, 4.69) is 45.2 Å². The van der Waals surface area contributed by atoms with Crippen LogP contribution in [0.5, 0.6) is 0 Å². The number of aromatic amines is 1. The third-order valence-corrected chi connectivity index (χ3v) is 4.47. The number of nitrogens with one attached hydrogen (secondary N) is 2. The van der Waals surface area contributed by atoms with Crippen LogP contribution in [0.15, 0.2) is 23.0 Å². The van der Waals surface area contributed by atoms with Gasteiger partial charge < -0.3 is 0 Å². The highest BCUT2D eigenvalue weighted by atomic mass is 16.1. The lowest BCUT2D eigenvalue weighted by Crippen LogP contribution is -2.19. The molecule has 0 aliphatic heterocycles. The normalized spacial score (nSPS) is 11.3. The summed E-state index contributed by atoms with van der Waals surface area (Å²) < 4.78 is 0. The molecule has 0 spiro atoms. The molecular weight excluding hydrogens is 326 g/mol. The van der Waals surface area contributed by atoms with Gasteiger partial charge in [-0.3, -0.25) is 15.1 Å². The minimum atomic E-state index is -0.103. The number of H-pyrrole nitrogens is 1. The van der Waals surface area contributed by atoms with Crippen molar-refractivity contribution in [2.45, 2.75) is 47.5 Å². The summed E-state index contributed by atoms with van der Waals surface area (Å²) in [5, 5.41) is 4.06. The highest BCUT2D eigenvalue weighted by Gasteiger charge is 2.11. The molecule has 1 aromatic carbocycles. The Morgan fingerprint density at radius 3 is 2.54 bits per heavy atom. The van der Waals surface area contributed by atoms with E-state index >= 15 is 0 Å². The molecule has 2 heterocycles. The van der Waals surface area contributed by atoms with Crippen molar-refractivity contribution < 1.29 is 0 Å². The molecule has 3 aromatic rings. The first kappa shape index (κ1) is 18.0. The van der Waals surface area contributed by atoms with E-state index in [1.807, 2.05) is 32.9 Å². The molecule has 0 unspecified atom stereocenters. The number of benzene rings is 1. The number of fused-ring (bicyclic) bond motifs is 1. The summed E-state index contributed by atoms with van der Waals surface area (Å²) in [5.74, 6) is 1.34. The molecule has 0 aliphatic rings. The first-order valence-electron chi connectivity index (χ1n) is 8.95. The smallest absolute Gasteiger partial charge is 0.255 e. The van der Waals surface area contributed by atoms with Gasteiger partial charge in [-0.05, 0) is 51.7 Å². The molecule has 0 atom stereocenters. The summed E-state index contributed by atoms with van der Waals surface area (Å²) in [6.07, 6.45) is 1.70. The molecule has 2 aromatic heterocycles. The first-order valence-corrected chi connectivity index (χ1v) is 8.95. The fraction of sp³-hybridized carbons (Fsp3) is 0.400. The molecule has 0 radical (unpaired) electrons. The van der Waals surface area contributed by atoms with Crippen LogP contribution < -0.4 is 10.9 Å². The maximum Gasteiger partial charge on any atom is 0.255 e. The second-order valence-electron chi connectivity index (χ2n) is 7.19. The van der Waals surface area contributed by atoms with Gasteiger partial charge in [0, 0.05) is 16.6 Å². The lowest BCUT2D eigenvalue weighted by atomic mass is 10.0. The summed E-state index contributed by atoms with van der Waals surface area (Å²) in [6.45, 7) is 10.2. The number of anilines is 2. The van der Waals surface area contributed by atoms with E-state index in [9.17, 15) is 4.79 Å². The van der Waals surface area contributed by atoms with Crippen LogP contribution in [0.1, 0.15) is 42.8 Å². The predicted molar refractivity (Wildman–Crippen MR) is 105 cm³/mol. The molecule has 0 bridgehead atoms. The Balaban J connectivity index is 1.90. The summed E-state index contributed by atoms with van der Waals surface area (Å²) in [5.41, 5.74) is 4.30. The average Bonchev–Trinajstić information content (AvgIpc) is 2.54. The van der Waals surface area contributed by atoms with Crippen LogP contribution in [0, 0.1) is 26.7 Å². The van der Waals surface area contributed by atoms with E-state index < -0.39 is 0 Å². The minimum Gasteiger partial charge on any atom is -0.294 e. The molecule has 0 fully saturated rings. The summed E-state index contributed by atoms with van der Waals surface area (Å²) >= 11 is 0. The summed E-state index contributed by atoms with van der Waals surface area (Å²) in [6, 6.07) is 6.07. The van der Waals surface area contributed by atoms with Crippen LogP contribution in [0.25, 0.3) is 10.9 Å². The molecule has 6 heteroatoms. The lowest BCUT2D eigenvalue weighted by Gasteiger charge is -2.10. The Hall–Kier alpha value is -2.76. The number of rotatable bonds is 5. The fourth-order valence-electron chi connectivity index (χ4n) is 2.95. The predicted octanol–water partition coefficient (Wildman–Crippen LogP) is 3.97. The quantitative estimate of drug-likeness (QED) is 0.726. The van der Waals surface area contributed by atoms with Gasteiger partial charge in [0.05, 0.1) is 11.2 Å². The number of aromatic nitrogens is 4. The maximum atomic E-state index is 12.4. The Morgan fingerprint density at radius 1 is 1.08 bits per heavy atom. The average molecular weight is 351 g/mol. The van der Waals surface area contributed by atoms with E-state index in [-0.39, 0.29) is 5.56 Å². The zero-order chi connectivity index (χ0) is 18.8. The maximum absolute atomic E-state index is 12.4. The van der Waals surface area contributed by atoms with Gasteiger partial charge in [0.2, 0.25) is 11.9 Å². The van der Waals surface area contributed by atoms with Gasteiger partial charge in [0.15, 0.2) is 0 Å². The van der Waals surface area contributed by atoms with Crippen LogP contribution in [-0.4, -0.2) is 19.9 Å². The van der Waals surface area contributed by atoms with E-state index in [4.69, 9.17) is 0 Å². The third kappa shape index (κ3) is 3.90. The van der Waals surface area contributed by atoms with Crippen molar-refractivity contribution in [1.29, 1.82) is 0 Å². The van der Waals surface area contributed by atoms with Crippen LogP contribution in [0.2, 0.25) is 0 Å². The third-order valence-electron chi connectivity index (χ3n) is 4.47. The van der Waals surface area contributed by atoms with Crippen LogP contribution in [0.4, 0.5) is 11.9 Å². The number of hydrogen-bond donors (Lipinski definition) is 2. The van der Waals surface area contributed by atoms with Gasteiger partial charge in [0.1, 0.15) is 0 Å². The second-order valence-corrected chi connectivity index (χ2v) is 7.19. The molecule has 0 saturated heterocycles. The standard InChI is InChI=1S/C20H25N5O/c1-11(2)6-8-15-13(4)21-20(24-18(15)26)25-19-22-14(5)16-10-12(3)7-9-17(16)23-19/h7,9-11H,6,8H2,1-5H3,(H2,21,22,23,24,25,26). The van der Waals surface area contributed by atoms with Crippen LogP contribution in [-0.2, 0) is 6.42 Å². The van der Waals surface area contributed by atoms with Crippen molar-refractivity contribution in [3.63, 3.8) is 0 Å². The SMILES string of the molecule is Cc1ccc2nc(Nc3nc(C)c(CCC(C)C)c(=O)[nH]3)nc(C)c2c1. The van der Waals surface area contributed by atoms with Gasteiger partial charge in [-0.25, -0.2) is 15.0 Å². The molecule has 6 nitrogen and oxygen atoms in total. The Bertz CT molecular complexity index is 1010. The molecule has 26 heavy (non-hydrogen) atoms. The first-order chi connectivity index (χ1) is 12.3. The fourth-order valence-corrected chi connectivity index (χ4v) is 2.95. The van der Waals surface area contributed by atoms with Gasteiger partial charge in [-0.15, -0.1) is 0 Å². The largest absolute Gasteiger partial charge is 0.294 e. The zero-order valence-corrected chi connectivity index (χ0v) is 16.0.